The number of pyridine rings is 1. The van der Waals surface area contributed by atoms with Crippen molar-refractivity contribution in [3.05, 3.63) is 90.8 Å². The van der Waals surface area contributed by atoms with Crippen LogP contribution >= 0.6 is 7.81 Å². The number of aromatic nitrogens is 1. The monoisotopic (exact) mass is 421 g/mol. The SMILES string of the molecule is CC(O[n+]1ccc(-c2ccccc2)cc1)c1ccccc1.F[P-](F)(F)(F)(F)F. The Kier molecular flexibility index (Phi) is 5.76. The van der Waals surface area contributed by atoms with Crippen LogP contribution in [0.1, 0.15) is 18.6 Å². The van der Waals surface area contributed by atoms with Crippen LogP contribution < -0.4 is 9.57 Å². The topological polar surface area (TPSA) is 13.1 Å². The van der Waals surface area contributed by atoms with E-state index in [1.165, 1.54) is 11.1 Å². The fourth-order valence-electron chi connectivity index (χ4n) is 2.27. The van der Waals surface area contributed by atoms with Gasteiger partial charge in [-0.15, -0.1) is 0 Å². The molecular formula is C19H18F6NOP. The molecule has 1 heterocycles. The first-order valence-corrected chi connectivity index (χ1v) is 10.2. The molecule has 28 heavy (non-hydrogen) atoms. The van der Waals surface area contributed by atoms with Gasteiger partial charge < -0.3 is 0 Å². The first-order chi connectivity index (χ1) is 12.8. The van der Waals surface area contributed by atoms with Crippen molar-refractivity contribution in [1.29, 1.82) is 0 Å². The van der Waals surface area contributed by atoms with E-state index in [0.29, 0.717) is 0 Å². The predicted octanol–water partition coefficient (Wildman–Crippen LogP) is 7.21. The molecule has 0 aliphatic heterocycles. The van der Waals surface area contributed by atoms with E-state index in [1.54, 1.807) is 4.73 Å². The second kappa shape index (κ2) is 7.43. The van der Waals surface area contributed by atoms with Crippen molar-refractivity contribution in [2.45, 2.75) is 13.0 Å². The van der Waals surface area contributed by atoms with E-state index in [0.717, 1.165) is 5.56 Å². The van der Waals surface area contributed by atoms with Crippen LogP contribution in [-0.2, 0) is 0 Å². The van der Waals surface area contributed by atoms with Gasteiger partial charge in [-0.3, -0.25) is 4.84 Å². The molecule has 0 fully saturated rings. The van der Waals surface area contributed by atoms with Crippen molar-refractivity contribution in [3.8, 4) is 11.1 Å². The van der Waals surface area contributed by atoms with Crippen LogP contribution in [0.4, 0.5) is 25.2 Å². The van der Waals surface area contributed by atoms with Gasteiger partial charge in [0.15, 0.2) is 6.10 Å². The minimum atomic E-state index is -10.7. The van der Waals surface area contributed by atoms with Crippen LogP contribution in [0.15, 0.2) is 85.2 Å². The summed E-state index contributed by atoms with van der Waals surface area (Å²) in [5.74, 6) is 0. The van der Waals surface area contributed by atoms with Gasteiger partial charge in [0.25, 0.3) is 0 Å². The Morgan fingerprint density at radius 1 is 0.679 bits per heavy atom. The van der Waals surface area contributed by atoms with Crippen molar-refractivity contribution in [1.82, 2.24) is 0 Å². The molecule has 1 aromatic heterocycles. The zero-order valence-corrected chi connectivity index (χ0v) is 15.6. The van der Waals surface area contributed by atoms with E-state index >= 15 is 0 Å². The molecule has 9 heteroatoms. The molecule has 0 spiro atoms. The quantitative estimate of drug-likeness (QED) is 0.246. The molecule has 0 aliphatic carbocycles. The number of benzene rings is 2. The number of hydrogen-bond acceptors (Lipinski definition) is 1. The Morgan fingerprint density at radius 3 is 1.54 bits per heavy atom. The zero-order valence-electron chi connectivity index (χ0n) is 14.7. The Bertz CT molecular complexity index is 874. The third-order valence-electron chi connectivity index (χ3n) is 3.46. The molecule has 2 aromatic carbocycles. The number of hydrogen-bond donors (Lipinski definition) is 0. The molecule has 0 radical (unpaired) electrons. The molecule has 0 N–H and O–H groups in total. The zero-order chi connectivity index (χ0) is 20.9. The van der Waals surface area contributed by atoms with Crippen molar-refractivity contribution < 1.29 is 34.7 Å². The van der Waals surface area contributed by atoms with Crippen LogP contribution in [0.5, 0.6) is 0 Å². The summed E-state index contributed by atoms with van der Waals surface area (Å²) in [6.07, 6.45) is 3.91. The molecule has 1 unspecified atom stereocenters. The summed E-state index contributed by atoms with van der Waals surface area (Å²) in [4.78, 5) is 5.91. The molecule has 2 nitrogen and oxygen atoms in total. The van der Waals surface area contributed by atoms with E-state index < -0.39 is 7.81 Å². The average Bonchev–Trinajstić information content (AvgIpc) is 2.61. The molecule has 3 aromatic rings. The van der Waals surface area contributed by atoms with Gasteiger partial charge in [0, 0.05) is 16.9 Å². The summed E-state index contributed by atoms with van der Waals surface area (Å²) in [6, 6.07) is 24.7. The Morgan fingerprint density at radius 2 is 1.07 bits per heavy atom. The van der Waals surface area contributed by atoms with Crippen molar-refractivity contribution >= 4 is 7.81 Å². The van der Waals surface area contributed by atoms with E-state index in [2.05, 4.69) is 36.4 Å². The number of halogens is 6. The Hall–Kier alpha value is -2.60. The summed E-state index contributed by atoms with van der Waals surface area (Å²) < 4.78 is 60.9. The summed E-state index contributed by atoms with van der Waals surface area (Å²) in [5.41, 5.74) is 3.56. The summed E-state index contributed by atoms with van der Waals surface area (Å²) in [7, 11) is -10.7. The van der Waals surface area contributed by atoms with E-state index in [4.69, 9.17) is 4.84 Å². The van der Waals surface area contributed by atoms with Gasteiger partial charge in [0.2, 0.25) is 12.4 Å². The standard InChI is InChI=1S/C19H18NO.F6P/c1-16(17-8-4-2-5-9-17)21-20-14-12-19(13-15-20)18-10-6-3-7-11-18;1-7(2,3,4,5)6/h2-16H,1H3;/q+1;-1. The van der Waals surface area contributed by atoms with Crippen molar-refractivity contribution in [2.75, 3.05) is 0 Å². The molecule has 3 rings (SSSR count). The Balaban J connectivity index is 0.000000345. The van der Waals surface area contributed by atoms with Gasteiger partial charge in [0.05, 0.1) is 0 Å². The number of rotatable bonds is 4. The fourth-order valence-corrected chi connectivity index (χ4v) is 2.27. The summed E-state index contributed by atoms with van der Waals surface area (Å²) in [5, 5.41) is 0. The van der Waals surface area contributed by atoms with Crippen LogP contribution in [0.3, 0.4) is 0 Å². The normalized spacial score (nSPS) is 14.7. The fraction of sp³-hybridized carbons (Fsp3) is 0.105. The van der Waals surface area contributed by atoms with Gasteiger partial charge in [0.1, 0.15) is 0 Å². The molecular weight excluding hydrogens is 403 g/mol. The molecule has 0 saturated carbocycles. The first-order valence-electron chi connectivity index (χ1n) is 8.13. The molecule has 0 bridgehead atoms. The van der Waals surface area contributed by atoms with Crippen LogP contribution in [-0.4, -0.2) is 0 Å². The van der Waals surface area contributed by atoms with Gasteiger partial charge in [-0.05, 0) is 23.6 Å². The van der Waals surface area contributed by atoms with E-state index in [1.807, 2.05) is 55.7 Å². The van der Waals surface area contributed by atoms with Crippen LogP contribution in [0.25, 0.3) is 11.1 Å². The predicted molar refractivity (Wildman–Crippen MR) is 97.1 cm³/mol. The van der Waals surface area contributed by atoms with Crippen LogP contribution in [0.2, 0.25) is 0 Å². The summed E-state index contributed by atoms with van der Waals surface area (Å²) >= 11 is 0. The van der Waals surface area contributed by atoms with E-state index in [9.17, 15) is 25.2 Å². The molecule has 0 aliphatic rings. The van der Waals surface area contributed by atoms with E-state index in [-0.39, 0.29) is 6.10 Å². The molecule has 0 amide bonds. The van der Waals surface area contributed by atoms with Crippen molar-refractivity contribution in [3.63, 3.8) is 0 Å². The first kappa shape index (κ1) is 21.7. The molecule has 152 valence electrons. The Labute approximate surface area is 158 Å². The minimum absolute atomic E-state index is 0.0128. The average molecular weight is 421 g/mol. The third-order valence-corrected chi connectivity index (χ3v) is 3.46. The van der Waals surface area contributed by atoms with Gasteiger partial charge in [-0.25, -0.2) is 0 Å². The third kappa shape index (κ3) is 9.37. The summed E-state index contributed by atoms with van der Waals surface area (Å²) in [6.45, 7) is 2.05. The van der Waals surface area contributed by atoms with Crippen LogP contribution in [0, 0.1) is 0 Å². The second-order valence-electron chi connectivity index (χ2n) is 5.93. The van der Waals surface area contributed by atoms with Crippen molar-refractivity contribution in [2.24, 2.45) is 0 Å². The maximum absolute atomic E-state index is 10.7. The maximum atomic E-state index is 9.87. The number of nitrogens with zero attached hydrogens (tertiary/aromatic N) is 1. The molecule has 1 atom stereocenters. The van der Waals surface area contributed by atoms with Gasteiger partial charge in [-0.2, -0.15) is 0 Å². The van der Waals surface area contributed by atoms with Gasteiger partial charge >= 0.3 is 33.0 Å². The van der Waals surface area contributed by atoms with Gasteiger partial charge in [-0.1, -0.05) is 60.7 Å². The second-order valence-corrected chi connectivity index (χ2v) is 7.85. The molecule has 0 saturated heterocycles.